The van der Waals surface area contributed by atoms with E-state index in [-0.39, 0.29) is 5.91 Å². The SMILES string of the molecule is Cc1cc2occ(CC(=O)NCCCN3CCCC[C@@H]3C)c2cc1C. The summed E-state index contributed by atoms with van der Waals surface area (Å²) < 4.78 is 5.62. The zero-order valence-electron chi connectivity index (χ0n) is 15.7. The van der Waals surface area contributed by atoms with Gasteiger partial charge in [0.2, 0.25) is 5.91 Å². The molecule has 1 aliphatic rings. The molecule has 2 heterocycles. The molecular formula is C21H30N2O2. The largest absolute Gasteiger partial charge is 0.464 e. The Labute approximate surface area is 150 Å². The van der Waals surface area contributed by atoms with Crippen molar-refractivity contribution in [1.82, 2.24) is 10.2 Å². The maximum Gasteiger partial charge on any atom is 0.224 e. The molecule has 0 saturated carbocycles. The second-order valence-corrected chi connectivity index (χ2v) is 7.45. The molecule has 0 radical (unpaired) electrons. The van der Waals surface area contributed by atoms with Crippen molar-refractivity contribution in [3.05, 3.63) is 35.1 Å². The average Bonchev–Trinajstić information content (AvgIpc) is 2.95. The molecule has 0 unspecified atom stereocenters. The molecule has 0 spiro atoms. The highest BCUT2D eigenvalue weighted by Crippen LogP contribution is 2.25. The number of amides is 1. The molecule has 25 heavy (non-hydrogen) atoms. The summed E-state index contributed by atoms with van der Waals surface area (Å²) in [6.45, 7) is 9.50. The summed E-state index contributed by atoms with van der Waals surface area (Å²) in [5.74, 6) is 0.0765. The van der Waals surface area contributed by atoms with E-state index in [4.69, 9.17) is 4.42 Å². The number of fused-ring (bicyclic) bond motifs is 1. The van der Waals surface area contributed by atoms with Crippen LogP contribution in [-0.2, 0) is 11.2 Å². The minimum atomic E-state index is 0.0765. The lowest BCUT2D eigenvalue weighted by atomic mass is 10.0. The summed E-state index contributed by atoms with van der Waals surface area (Å²) in [6.07, 6.45) is 7.09. The first-order valence-electron chi connectivity index (χ1n) is 9.52. The smallest absolute Gasteiger partial charge is 0.224 e. The average molecular weight is 342 g/mol. The Kier molecular flexibility index (Phi) is 5.79. The van der Waals surface area contributed by atoms with Crippen LogP contribution < -0.4 is 5.32 Å². The van der Waals surface area contributed by atoms with Gasteiger partial charge in [-0.1, -0.05) is 6.42 Å². The van der Waals surface area contributed by atoms with Gasteiger partial charge in [0.05, 0.1) is 12.7 Å². The van der Waals surface area contributed by atoms with Crippen molar-refractivity contribution in [2.24, 2.45) is 0 Å². The lowest BCUT2D eigenvalue weighted by molar-refractivity contribution is -0.120. The Morgan fingerprint density at radius 3 is 2.88 bits per heavy atom. The van der Waals surface area contributed by atoms with E-state index in [9.17, 15) is 4.79 Å². The number of benzene rings is 1. The summed E-state index contributed by atoms with van der Waals surface area (Å²) in [5.41, 5.74) is 4.28. The van der Waals surface area contributed by atoms with Crippen LogP contribution >= 0.6 is 0 Å². The predicted molar refractivity (Wildman–Crippen MR) is 102 cm³/mol. The molecule has 1 N–H and O–H groups in total. The topological polar surface area (TPSA) is 45.5 Å². The summed E-state index contributed by atoms with van der Waals surface area (Å²) in [4.78, 5) is 14.8. The third-order valence-corrected chi connectivity index (χ3v) is 5.51. The molecule has 0 bridgehead atoms. The van der Waals surface area contributed by atoms with Gasteiger partial charge in [-0.2, -0.15) is 0 Å². The van der Waals surface area contributed by atoms with Gasteiger partial charge in [-0.25, -0.2) is 0 Å². The van der Waals surface area contributed by atoms with E-state index in [1.165, 1.54) is 36.9 Å². The second-order valence-electron chi connectivity index (χ2n) is 7.45. The molecule has 4 heteroatoms. The van der Waals surface area contributed by atoms with Gasteiger partial charge in [-0.15, -0.1) is 0 Å². The van der Waals surface area contributed by atoms with Crippen molar-refractivity contribution in [1.29, 1.82) is 0 Å². The number of aryl methyl sites for hydroxylation is 2. The number of hydrogen-bond acceptors (Lipinski definition) is 3. The maximum absolute atomic E-state index is 12.3. The van der Waals surface area contributed by atoms with Gasteiger partial charge in [-0.3, -0.25) is 4.79 Å². The third kappa shape index (κ3) is 4.43. The highest BCUT2D eigenvalue weighted by Gasteiger charge is 2.17. The maximum atomic E-state index is 12.3. The van der Waals surface area contributed by atoms with E-state index < -0.39 is 0 Å². The van der Waals surface area contributed by atoms with E-state index in [0.29, 0.717) is 12.5 Å². The number of rotatable bonds is 6. The Balaban J connectivity index is 1.47. The molecule has 1 aromatic heterocycles. The first-order chi connectivity index (χ1) is 12.0. The van der Waals surface area contributed by atoms with Gasteiger partial charge < -0.3 is 14.6 Å². The van der Waals surface area contributed by atoms with Crippen LogP contribution in [-0.4, -0.2) is 36.5 Å². The minimum Gasteiger partial charge on any atom is -0.464 e. The van der Waals surface area contributed by atoms with Crippen molar-refractivity contribution in [3.63, 3.8) is 0 Å². The molecule has 1 saturated heterocycles. The van der Waals surface area contributed by atoms with Gasteiger partial charge in [0, 0.05) is 30.1 Å². The number of nitrogens with one attached hydrogen (secondary N) is 1. The Morgan fingerprint density at radius 1 is 1.28 bits per heavy atom. The van der Waals surface area contributed by atoms with Crippen LogP contribution in [0.15, 0.2) is 22.8 Å². The zero-order valence-corrected chi connectivity index (χ0v) is 15.7. The van der Waals surface area contributed by atoms with Crippen LogP contribution in [0.1, 0.15) is 49.3 Å². The van der Waals surface area contributed by atoms with Gasteiger partial charge >= 0.3 is 0 Å². The fourth-order valence-electron chi connectivity index (χ4n) is 3.71. The highest BCUT2D eigenvalue weighted by atomic mass is 16.3. The van der Waals surface area contributed by atoms with Gasteiger partial charge in [0.25, 0.3) is 0 Å². The molecule has 136 valence electrons. The van der Waals surface area contributed by atoms with Crippen molar-refractivity contribution in [2.45, 2.75) is 58.9 Å². The van der Waals surface area contributed by atoms with Gasteiger partial charge in [-0.05, 0) is 69.8 Å². The monoisotopic (exact) mass is 342 g/mol. The molecule has 1 atom stereocenters. The fraction of sp³-hybridized carbons (Fsp3) is 0.571. The number of nitrogens with zero attached hydrogens (tertiary/aromatic N) is 1. The van der Waals surface area contributed by atoms with Crippen LogP contribution in [0.5, 0.6) is 0 Å². The zero-order chi connectivity index (χ0) is 17.8. The molecule has 1 aromatic carbocycles. The van der Waals surface area contributed by atoms with Crippen LogP contribution in [0, 0.1) is 13.8 Å². The Hall–Kier alpha value is -1.81. The lowest BCUT2D eigenvalue weighted by Crippen LogP contribution is -2.39. The second kappa shape index (κ2) is 8.05. The molecule has 1 amide bonds. The Bertz CT molecular complexity index is 735. The third-order valence-electron chi connectivity index (χ3n) is 5.51. The molecular weight excluding hydrogens is 312 g/mol. The van der Waals surface area contributed by atoms with Crippen LogP contribution in [0.3, 0.4) is 0 Å². The molecule has 0 aliphatic carbocycles. The van der Waals surface area contributed by atoms with Crippen LogP contribution in [0.25, 0.3) is 11.0 Å². The standard InChI is InChI=1S/C21H30N2O2/c1-15-11-19-18(14-25-20(19)12-16(15)2)13-21(24)22-8-6-10-23-9-5-4-7-17(23)3/h11-12,14,17H,4-10,13H2,1-3H3,(H,22,24)/t17-/m0/s1. The highest BCUT2D eigenvalue weighted by molar-refractivity contribution is 5.88. The first-order valence-corrected chi connectivity index (χ1v) is 9.52. The number of carbonyl (C=O) groups excluding carboxylic acids is 1. The van der Waals surface area contributed by atoms with Crippen LogP contribution in [0.2, 0.25) is 0 Å². The Morgan fingerprint density at radius 2 is 2.08 bits per heavy atom. The molecule has 1 fully saturated rings. The predicted octanol–water partition coefficient (Wildman–Crippen LogP) is 3.97. The van der Waals surface area contributed by atoms with Crippen molar-refractivity contribution < 1.29 is 9.21 Å². The first kappa shape index (κ1) is 18.0. The summed E-state index contributed by atoms with van der Waals surface area (Å²) in [5, 5.41) is 4.11. The van der Waals surface area contributed by atoms with E-state index in [1.54, 1.807) is 6.26 Å². The molecule has 2 aromatic rings. The lowest BCUT2D eigenvalue weighted by Gasteiger charge is -2.33. The normalized spacial score (nSPS) is 18.6. The van der Waals surface area contributed by atoms with Crippen molar-refractivity contribution >= 4 is 16.9 Å². The number of piperidine rings is 1. The summed E-state index contributed by atoms with van der Waals surface area (Å²) >= 11 is 0. The molecule has 1 aliphatic heterocycles. The minimum absolute atomic E-state index is 0.0765. The van der Waals surface area contributed by atoms with Crippen molar-refractivity contribution in [2.75, 3.05) is 19.6 Å². The van der Waals surface area contributed by atoms with E-state index in [2.05, 4.69) is 37.1 Å². The fourth-order valence-corrected chi connectivity index (χ4v) is 3.71. The van der Waals surface area contributed by atoms with Gasteiger partial charge in [0.1, 0.15) is 5.58 Å². The molecule has 3 rings (SSSR count). The van der Waals surface area contributed by atoms with Gasteiger partial charge in [0.15, 0.2) is 0 Å². The number of likely N-dealkylation sites (tertiary alicyclic amines) is 1. The summed E-state index contributed by atoms with van der Waals surface area (Å²) in [7, 11) is 0. The van der Waals surface area contributed by atoms with E-state index in [0.717, 1.165) is 36.0 Å². The van der Waals surface area contributed by atoms with Crippen LogP contribution in [0.4, 0.5) is 0 Å². The quantitative estimate of drug-likeness (QED) is 0.808. The summed E-state index contributed by atoms with van der Waals surface area (Å²) in [6, 6.07) is 4.86. The van der Waals surface area contributed by atoms with Crippen molar-refractivity contribution in [3.8, 4) is 0 Å². The number of hydrogen-bond donors (Lipinski definition) is 1. The van der Waals surface area contributed by atoms with E-state index in [1.807, 2.05) is 6.07 Å². The van der Waals surface area contributed by atoms with E-state index >= 15 is 0 Å². The molecule has 4 nitrogen and oxygen atoms in total. The number of furan rings is 1. The number of carbonyl (C=O) groups is 1.